The van der Waals surface area contributed by atoms with Crippen molar-refractivity contribution in [1.82, 2.24) is 10.4 Å². The zero-order valence-corrected chi connectivity index (χ0v) is 16.7. The Kier molecular flexibility index (Phi) is 4.52. The molecule has 6 heteroatoms. The molecule has 1 N–H and O–H groups in total. The van der Waals surface area contributed by atoms with Crippen LogP contribution in [0.4, 0.5) is 0 Å². The molecular weight excluding hydrogens is 356 g/mol. The molecule has 3 fully saturated rings. The monoisotopic (exact) mass is 382 g/mol. The van der Waals surface area contributed by atoms with E-state index in [4.69, 9.17) is 4.74 Å². The molecule has 148 valence electrons. The molecule has 5 unspecified atom stereocenters. The fourth-order valence-corrected chi connectivity index (χ4v) is 5.25. The highest BCUT2D eigenvalue weighted by Gasteiger charge is 2.63. The lowest BCUT2D eigenvalue weighted by Gasteiger charge is -2.22. The van der Waals surface area contributed by atoms with Gasteiger partial charge in [0.15, 0.2) is 6.10 Å². The van der Waals surface area contributed by atoms with Crippen molar-refractivity contribution < 1.29 is 19.1 Å². The summed E-state index contributed by atoms with van der Waals surface area (Å²) in [7, 11) is 0. The molecule has 1 aliphatic heterocycles. The van der Waals surface area contributed by atoms with Gasteiger partial charge in [0.1, 0.15) is 5.75 Å². The molecule has 6 nitrogen and oxygen atoms in total. The van der Waals surface area contributed by atoms with Gasteiger partial charge in [0.2, 0.25) is 0 Å². The van der Waals surface area contributed by atoms with E-state index in [1.54, 1.807) is 13.0 Å². The molecule has 28 heavy (non-hydrogen) atoms. The van der Waals surface area contributed by atoms with Gasteiger partial charge in [-0.25, -0.2) is 0 Å². The Bertz CT molecular complexity index is 854. The van der Waals surface area contributed by atoms with Crippen molar-refractivity contribution in [2.24, 2.45) is 23.7 Å². The highest BCUT2D eigenvalue weighted by molar-refractivity contribution is 6.07. The number of hydrazine groups is 1. The van der Waals surface area contributed by atoms with Crippen LogP contribution in [0.15, 0.2) is 35.4 Å². The summed E-state index contributed by atoms with van der Waals surface area (Å²) in [6.45, 7) is 7.66. The van der Waals surface area contributed by atoms with E-state index in [2.05, 4.69) is 19.3 Å². The molecule has 2 aliphatic carbocycles. The van der Waals surface area contributed by atoms with E-state index in [0.717, 1.165) is 23.4 Å². The third-order valence-electron chi connectivity index (χ3n) is 6.32. The highest BCUT2D eigenvalue weighted by atomic mass is 16.5. The van der Waals surface area contributed by atoms with Crippen LogP contribution in [0.2, 0.25) is 0 Å². The average Bonchev–Trinajstić information content (AvgIpc) is 3.27. The summed E-state index contributed by atoms with van der Waals surface area (Å²) < 4.78 is 5.67. The van der Waals surface area contributed by atoms with Crippen LogP contribution in [0.25, 0.3) is 0 Å². The minimum Gasteiger partial charge on any atom is -0.481 e. The van der Waals surface area contributed by atoms with Gasteiger partial charge >= 0.3 is 0 Å². The van der Waals surface area contributed by atoms with Crippen molar-refractivity contribution >= 4 is 17.7 Å². The second-order valence-corrected chi connectivity index (χ2v) is 8.36. The first-order chi connectivity index (χ1) is 13.3. The van der Waals surface area contributed by atoms with Gasteiger partial charge in [-0.2, -0.15) is 5.01 Å². The lowest BCUT2D eigenvalue weighted by atomic mass is 9.81. The summed E-state index contributed by atoms with van der Waals surface area (Å²) >= 11 is 0. The number of hydrogen-bond donors (Lipinski definition) is 1. The molecular formula is C22H26N2O4. The second kappa shape index (κ2) is 6.76. The lowest BCUT2D eigenvalue weighted by Crippen LogP contribution is -2.51. The molecule has 0 spiro atoms. The Morgan fingerprint density at radius 3 is 2.29 bits per heavy atom. The lowest BCUT2D eigenvalue weighted by molar-refractivity contribution is -0.151. The first-order valence-corrected chi connectivity index (χ1v) is 9.88. The van der Waals surface area contributed by atoms with Crippen molar-refractivity contribution in [3.8, 4) is 5.75 Å². The number of carbonyl (C=O) groups excluding carboxylic acids is 3. The van der Waals surface area contributed by atoms with Crippen molar-refractivity contribution in [2.45, 2.75) is 46.6 Å². The number of rotatable bonds is 4. The van der Waals surface area contributed by atoms with Crippen LogP contribution < -0.4 is 10.2 Å². The van der Waals surface area contributed by atoms with Gasteiger partial charge in [0.05, 0.1) is 11.8 Å². The molecule has 3 aliphatic rings. The first kappa shape index (κ1) is 18.7. The quantitative estimate of drug-likeness (QED) is 0.642. The zero-order valence-electron chi connectivity index (χ0n) is 16.7. The minimum atomic E-state index is -0.826. The SMILES string of the molecule is CC(C)=C1C2CCC1C1C(=O)N(NC(=O)C(C)Oc3cccc(C)c3)C(=O)C21. The zero-order chi connectivity index (χ0) is 20.2. The van der Waals surface area contributed by atoms with Crippen molar-refractivity contribution in [1.29, 1.82) is 0 Å². The van der Waals surface area contributed by atoms with E-state index in [1.165, 1.54) is 11.1 Å². The normalized spacial score (nSPS) is 29.1. The summed E-state index contributed by atoms with van der Waals surface area (Å²) in [5.74, 6) is -0.871. The van der Waals surface area contributed by atoms with Gasteiger partial charge in [0.25, 0.3) is 17.7 Å². The average molecular weight is 382 g/mol. The fraction of sp³-hybridized carbons (Fsp3) is 0.500. The van der Waals surface area contributed by atoms with Crippen LogP contribution in [0, 0.1) is 30.6 Å². The number of nitrogens with one attached hydrogen (secondary N) is 1. The van der Waals surface area contributed by atoms with Crippen molar-refractivity contribution in [3.63, 3.8) is 0 Å². The van der Waals surface area contributed by atoms with E-state index >= 15 is 0 Å². The van der Waals surface area contributed by atoms with Crippen LogP contribution in [0.1, 0.15) is 39.2 Å². The van der Waals surface area contributed by atoms with Crippen molar-refractivity contribution in [3.05, 3.63) is 41.0 Å². The Hall–Kier alpha value is -2.63. The van der Waals surface area contributed by atoms with E-state index in [9.17, 15) is 14.4 Å². The van der Waals surface area contributed by atoms with Crippen LogP contribution in [-0.2, 0) is 14.4 Å². The van der Waals surface area contributed by atoms with Gasteiger partial charge in [-0.3, -0.25) is 19.8 Å². The predicted molar refractivity (Wildman–Crippen MR) is 103 cm³/mol. The Labute approximate surface area is 164 Å². The maximum atomic E-state index is 12.9. The number of carbonyl (C=O) groups is 3. The number of imide groups is 1. The van der Waals surface area contributed by atoms with Gasteiger partial charge in [-0.15, -0.1) is 0 Å². The maximum absolute atomic E-state index is 12.9. The van der Waals surface area contributed by atoms with Crippen LogP contribution in [0.3, 0.4) is 0 Å². The number of fused-ring (bicyclic) bond motifs is 5. The molecule has 2 bridgehead atoms. The van der Waals surface area contributed by atoms with E-state index in [1.807, 2.05) is 25.1 Å². The van der Waals surface area contributed by atoms with Crippen LogP contribution >= 0.6 is 0 Å². The van der Waals surface area contributed by atoms with Gasteiger partial charge in [-0.1, -0.05) is 23.3 Å². The topological polar surface area (TPSA) is 75.7 Å². The number of allylic oxidation sites excluding steroid dienone is 2. The highest BCUT2D eigenvalue weighted by Crippen LogP contribution is 2.59. The molecule has 0 aromatic heterocycles. The molecule has 0 radical (unpaired) electrons. The standard InChI is InChI=1S/C22H26N2O4/c1-11(2)17-15-8-9-16(17)19-18(15)21(26)24(22(19)27)23-20(25)13(4)28-14-7-5-6-12(3)10-14/h5-7,10,13,15-16,18-19H,8-9H2,1-4H3,(H,23,25). The molecule has 1 aromatic carbocycles. The molecule has 1 heterocycles. The third-order valence-corrected chi connectivity index (χ3v) is 6.32. The molecule has 1 aromatic rings. The summed E-state index contributed by atoms with van der Waals surface area (Å²) in [5, 5.41) is 0.945. The van der Waals surface area contributed by atoms with Gasteiger partial charge < -0.3 is 4.74 Å². The maximum Gasteiger partial charge on any atom is 0.279 e. The number of benzene rings is 1. The summed E-state index contributed by atoms with van der Waals surface area (Å²) in [6.07, 6.45) is 1.06. The third kappa shape index (κ3) is 2.82. The molecule has 2 saturated carbocycles. The van der Waals surface area contributed by atoms with Crippen LogP contribution in [-0.4, -0.2) is 28.8 Å². The van der Waals surface area contributed by atoms with E-state index in [0.29, 0.717) is 5.75 Å². The van der Waals surface area contributed by atoms with Crippen LogP contribution in [0.5, 0.6) is 5.75 Å². The summed E-state index contributed by atoms with van der Waals surface area (Å²) in [5.41, 5.74) is 6.04. The number of aryl methyl sites for hydroxylation is 1. The largest absolute Gasteiger partial charge is 0.481 e. The van der Waals surface area contributed by atoms with Gasteiger partial charge in [0, 0.05) is 0 Å². The van der Waals surface area contributed by atoms with E-state index in [-0.39, 0.29) is 35.5 Å². The number of hydrogen-bond acceptors (Lipinski definition) is 4. The smallest absolute Gasteiger partial charge is 0.279 e. The summed E-state index contributed by atoms with van der Waals surface area (Å²) in [6, 6.07) is 7.39. The minimum absolute atomic E-state index is 0.138. The van der Waals surface area contributed by atoms with Gasteiger partial charge in [-0.05, 0) is 70.1 Å². The number of nitrogens with zero attached hydrogens (tertiary/aromatic N) is 1. The molecule has 5 atom stereocenters. The Morgan fingerprint density at radius 1 is 1.14 bits per heavy atom. The predicted octanol–water partition coefficient (Wildman–Crippen LogP) is 2.77. The first-order valence-electron chi connectivity index (χ1n) is 9.88. The Balaban J connectivity index is 1.47. The second-order valence-electron chi connectivity index (χ2n) is 8.36. The fourth-order valence-electron chi connectivity index (χ4n) is 5.25. The number of ether oxygens (including phenoxy) is 1. The van der Waals surface area contributed by atoms with E-state index < -0.39 is 12.0 Å². The van der Waals surface area contributed by atoms with Crippen molar-refractivity contribution in [2.75, 3.05) is 0 Å². The number of amides is 3. The summed E-state index contributed by atoms with van der Waals surface area (Å²) in [4.78, 5) is 38.4. The molecule has 4 rings (SSSR count). The Morgan fingerprint density at radius 2 is 1.75 bits per heavy atom. The molecule has 3 amide bonds. The molecule has 1 saturated heterocycles.